The summed E-state index contributed by atoms with van der Waals surface area (Å²) in [7, 11) is 0. The van der Waals surface area contributed by atoms with Crippen LogP contribution in [0.1, 0.15) is 10.9 Å². The van der Waals surface area contributed by atoms with Crippen LogP contribution in [0.3, 0.4) is 0 Å². The topological polar surface area (TPSA) is 57.7 Å². The molecule has 0 radical (unpaired) electrons. The first kappa shape index (κ1) is 41.0. The maximum absolute atomic E-state index is 6.47. The van der Waals surface area contributed by atoms with E-state index in [0.29, 0.717) is 0 Å². The summed E-state index contributed by atoms with van der Waals surface area (Å²) in [4.78, 5) is 10.9. The Morgan fingerprint density at radius 2 is 0.889 bits per heavy atom. The van der Waals surface area contributed by atoms with Gasteiger partial charge in [0.25, 0.3) is 0 Å². The number of anilines is 7. The van der Waals surface area contributed by atoms with E-state index in [-0.39, 0.29) is 5.37 Å². The van der Waals surface area contributed by atoms with E-state index in [1.165, 1.54) is 21.2 Å². The molecule has 15 rings (SSSR count). The zero-order chi connectivity index (χ0) is 47.3. The minimum absolute atomic E-state index is 0.147. The lowest BCUT2D eigenvalue weighted by Crippen LogP contribution is -2.10. The summed E-state index contributed by atoms with van der Waals surface area (Å²) < 4.78 is 14.1. The van der Waals surface area contributed by atoms with E-state index in [2.05, 4.69) is 215 Å². The molecule has 0 bridgehead atoms. The smallest absolute Gasteiger partial charge is 0.137 e. The van der Waals surface area contributed by atoms with Gasteiger partial charge in [0.15, 0.2) is 0 Å². The molecule has 0 amide bonds. The van der Waals surface area contributed by atoms with Crippen molar-refractivity contribution in [2.75, 3.05) is 15.1 Å². The molecular weight excluding hydrogens is 921 g/mol. The van der Waals surface area contributed by atoms with Gasteiger partial charge in [-0.15, -0.1) is 11.3 Å². The molecule has 0 spiro atoms. The number of rotatable bonds is 8. The third-order valence-corrected chi connectivity index (χ3v) is 16.4. The summed E-state index contributed by atoms with van der Waals surface area (Å²) in [6.45, 7) is 0. The van der Waals surface area contributed by atoms with Gasteiger partial charge in [0, 0.05) is 83.9 Å². The van der Waals surface area contributed by atoms with Gasteiger partial charge in [-0.3, -0.25) is 0 Å². The van der Waals surface area contributed by atoms with Crippen LogP contribution in [0.15, 0.2) is 244 Å². The maximum atomic E-state index is 6.47. The van der Waals surface area contributed by atoms with E-state index in [4.69, 9.17) is 13.8 Å². The van der Waals surface area contributed by atoms with Crippen LogP contribution in [-0.4, -0.2) is 4.98 Å². The Hall–Kier alpha value is -8.82. The van der Waals surface area contributed by atoms with Gasteiger partial charge in [0.05, 0.1) is 10.2 Å². The molecule has 1 unspecified atom stereocenters. The third-order valence-electron chi connectivity index (χ3n) is 14.1. The largest absolute Gasteiger partial charge is 0.456 e. The van der Waals surface area contributed by atoms with Crippen LogP contribution in [0.5, 0.6) is 0 Å². The highest BCUT2D eigenvalue weighted by atomic mass is 32.2. The van der Waals surface area contributed by atoms with Crippen LogP contribution in [0.25, 0.3) is 86.2 Å². The molecule has 1 aliphatic rings. The number of hydrogen-bond acceptors (Lipinski definition) is 8. The third kappa shape index (κ3) is 6.82. The first-order valence-corrected chi connectivity index (χ1v) is 25.8. The SMILES string of the molecule is c1ccc(-c2nc3ccc(N(c4ccc5c(ccc6cc(N(c7ccc8c(c7)SC(c7ccccc7)N8)c7ccc8c(c7)oc7ccccc78)ccc65)c4)c4ccc5c(c4)oc4ccccc45)cc3s2)cc1. The fraction of sp³-hybridized carbons (Fsp3) is 0.0156. The van der Waals surface area contributed by atoms with Gasteiger partial charge in [0.1, 0.15) is 32.7 Å². The average molecular weight is 961 g/mol. The summed E-state index contributed by atoms with van der Waals surface area (Å²) >= 11 is 3.57. The molecule has 8 heteroatoms. The molecule has 3 aromatic heterocycles. The predicted molar refractivity (Wildman–Crippen MR) is 303 cm³/mol. The second-order valence-corrected chi connectivity index (χ2v) is 20.6. The number of thiazole rings is 1. The van der Waals surface area contributed by atoms with Crippen molar-refractivity contribution < 1.29 is 8.83 Å². The summed E-state index contributed by atoms with van der Waals surface area (Å²) in [6.07, 6.45) is 0. The second kappa shape index (κ2) is 16.4. The van der Waals surface area contributed by atoms with Crippen LogP contribution in [0.4, 0.5) is 39.8 Å². The summed E-state index contributed by atoms with van der Waals surface area (Å²) in [5.41, 5.74) is 14.2. The molecule has 1 atom stereocenters. The molecule has 0 saturated carbocycles. The molecular formula is C64H40N4O2S2. The summed E-state index contributed by atoms with van der Waals surface area (Å²) in [6, 6.07) is 82.3. The first-order chi connectivity index (χ1) is 35.6. The lowest BCUT2D eigenvalue weighted by atomic mass is 10.00. The van der Waals surface area contributed by atoms with Crippen molar-refractivity contribution in [3.05, 3.63) is 236 Å². The molecule has 6 nitrogen and oxygen atoms in total. The predicted octanol–water partition coefficient (Wildman–Crippen LogP) is 19.2. The van der Waals surface area contributed by atoms with Gasteiger partial charge in [-0.05, 0) is 124 Å². The van der Waals surface area contributed by atoms with Gasteiger partial charge in [-0.25, -0.2) is 4.98 Å². The molecule has 0 fully saturated rings. The van der Waals surface area contributed by atoms with Crippen molar-refractivity contribution in [3.8, 4) is 10.6 Å². The average Bonchev–Trinajstić information content (AvgIpc) is 4.24. The number of fused-ring (bicyclic) bond motifs is 11. The minimum atomic E-state index is 0.147. The van der Waals surface area contributed by atoms with E-state index < -0.39 is 0 Å². The van der Waals surface area contributed by atoms with E-state index in [0.717, 1.165) is 115 Å². The highest BCUT2D eigenvalue weighted by Crippen LogP contribution is 2.50. The van der Waals surface area contributed by atoms with Crippen molar-refractivity contribution in [3.63, 3.8) is 0 Å². The summed E-state index contributed by atoms with van der Waals surface area (Å²) in [5, 5.41) is 14.0. The Bertz CT molecular complexity index is 4450. The molecule has 0 saturated heterocycles. The van der Waals surface area contributed by atoms with Gasteiger partial charge < -0.3 is 24.0 Å². The number of hydrogen-bond donors (Lipinski definition) is 1. The Kier molecular flexibility index (Phi) is 9.33. The van der Waals surface area contributed by atoms with E-state index in [1.54, 1.807) is 11.3 Å². The zero-order valence-corrected chi connectivity index (χ0v) is 40.1. The molecule has 4 heterocycles. The molecule has 1 N–H and O–H groups in total. The van der Waals surface area contributed by atoms with Crippen molar-refractivity contribution >= 4 is 139 Å². The van der Waals surface area contributed by atoms with Crippen LogP contribution >= 0.6 is 23.1 Å². The van der Waals surface area contributed by atoms with Crippen molar-refractivity contribution in [2.45, 2.75) is 10.3 Å². The van der Waals surface area contributed by atoms with Crippen LogP contribution in [0, 0.1) is 0 Å². The maximum Gasteiger partial charge on any atom is 0.137 e. The van der Waals surface area contributed by atoms with Crippen molar-refractivity contribution in [1.29, 1.82) is 0 Å². The number of furan rings is 2. The van der Waals surface area contributed by atoms with Gasteiger partial charge in [-0.1, -0.05) is 133 Å². The van der Waals surface area contributed by atoms with Crippen molar-refractivity contribution in [2.24, 2.45) is 0 Å². The Morgan fingerprint density at radius 3 is 1.51 bits per heavy atom. The van der Waals surface area contributed by atoms with E-state index in [1.807, 2.05) is 42.1 Å². The quantitative estimate of drug-likeness (QED) is 0.152. The van der Waals surface area contributed by atoms with Crippen LogP contribution in [0.2, 0.25) is 0 Å². The summed E-state index contributed by atoms with van der Waals surface area (Å²) in [5.74, 6) is 0. The molecule has 11 aromatic carbocycles. The molecule has 340 valence electrons. The highest BCUT2D eigenvalue weighted by molar-refractivity contribution is 8.00. The number of thioether (sulfide) groups is 1. The van der Waals surface area contributed by atoms with Gasteiger partial charge in [0.2, 0.25) is 0 Å². The van der Waals surface area contributed by atoms with E-state index >= 15 is 0 Å². The Morgan fingerprint density at radius 1 is 0.403 bits per heavy atom. The second-order valence-electron chi connectivity index (χ2n) is 18.4. The zero-order valence-electron chi connectivity index (χ0n) is 38.5. The molecule has 14 aromatic rings. The number of para-hydroxylation sites is 2. The molecule has 72 heavy (non-hydrogen) atoms. The molecule has 1 aliphatic heterocycles. The monoisotopic (exact) mass is 960 g/mol. The number of benzene rings is 11. The highest BCUT2D eigenvalue weighted by Gasteiger charge is 2.26. The standard InChI is InChI=1S/C64H40N4O2S2/c1-3-11-39(12-4-1)63-65-55-31-25-47(37-61(55)71-63)67(45-23-29-53-51-15-7-9-17-57(51)69-59(53)35-45)43-21-27-49-41(33-43)19-20-42-34-44(22-28-50(42)49)68(46-24-30-54-52-16-8-10-18-58(52)70-60(54)36-46)48-26-32-56-62(38-48)72-64(66-56)40-13-5-2-6-14-40/h1-38,63,65H. The number of nitrogens with zero attached hydrogens (tertiary/aromatic N) is 3. The fourth-order valence-corrected chi connectivity index (χ4v) is 12.8. The van der Waals surface area contributed by atoms with Crippen molar-refractivity contribution in [1.82, 2.24) is 4.98 Å². The lowest BCUT2D eigenvalue weighted by Gasteiger charge is -2.27. The number of nitrogens with one attached hydrogen (secondary N) is 1. The van der Waals surface area contributed by atoms with Crippen LogP contribution < -0.4 is 15.1 Å². The lowest BCUT2D eigenvalue weighted by molar-refractivity contribution is 0.668. The van der Waals surface area contributed by atoms with Gasteiger partial charge >= 0.3 is 0 Å². The molecule has 0 aliphatic carbocycles. The van der Waals surface area contributed by atoms with Crippen LogP contribution in [-0.2, 0) is 0 Å². The van der Waals surface area contributed by atoms with Gasteiger partial charge in [-0.2, -0.15) is 0 Å². The first-order valence-electron chi connectivity index (χ1n) is 24.1. The minimum Gasteiger partial charge on any atom is -0.456 e. The fourth-order valence-electron chi connectivity index (χ4n) is 10.6. The number of aromatic nitrogens is 1. The van der Waals surface area contributed by atoms with E-state index in [9.17, 15) is 0 Å². The Balaban J connectivity index is 0.840. The normalized spacial score (nSPS) is 13.5. The Labute approximate surface area is 422 Å².